The quantitative estimate of drug-likeness (QED) is 0.898. The number of hydrogen-bond donors (Lipinski definition) is 1. The summed E-state index contributed by atoms with van der Waals surface area (Å²) in [5, 5.41) is 9.62. The molecule has 104 valence electrons. The second kappa shape index (κ2) is 5.66. The van der Waals surface area contributed by atoms with Crippen LogP contribution in [-0.2, 0) is 9.53 Å². The highest BCUT2D eigenvalue weighted by atomic mass is 32.1. The smallest absolute Gasteiger partial charge is 0.306 e. The van der Waals surface area contributed by atoms with Crippen LogP contribution in [0, 0.1) is 13.8 Å². The van der Waals surface area contributed by atoms with Gasteiger partial charge in [-0.3, -0.25) is 9.59 Å². The molecule has 1 fully saturated rings. The molecule has 0 spiro atoms. The minimum absolute atomic E-state index is 0.0789. The van der Waals surface area contributed by atoms with Gasteiger partial charge in [-0.05, 0) is 13.8 Å². The highest BCUT2D eigenvalue weighted by Gasteiger charge is 2.28. The fraction of sp³-hybridized carbons (Fsp3) is 0.583. The van der Waals surface area contributed by atoms with Crippen molar-refractivity contribution in [1.29, 1.82) is 0 Å². The Morgan fingerprint density at radius 1 is 1.53 bits per heavy atom. The van der Waals surface area contributed by atoms with Gasteiger partial charge in [-0.25, -0.2) is 4.98 Å². The third-order valence-electron chi connectivity index (χ3n) is 2.93. The van der Waals surface area contributed by atoms with E-state index in [2.05, 4.69) is 4.98 Å². The van der Waals surface area contributed by atoms with E-state index in [9.17, 15) is 9.59 Å². The van der Waals surface area contributed by atoms with Crippen LogP contribution in [0.3, 0.4) is 0 Å². The number of carboxylic acids is 1. The zero-order valence-electron chi connectivity index (χ0n) is 10.9. The first-order valence-electron chi connectivity index (χ1n) is 6.04. The number of aliphatic carboxylic acids is 1. The van der Waals surface area contributed by atoms with E-state index in [1.165, 1.54) is 11.3 Å². The lowest BCUT2D eigenvalue weighted by Crippen LogP contribution is -2.46. The highest BCUT2D eigenvalue weighted by Crippen LogP contribution is 2.21. The third-order valence-corrected chi connectivity index (χ3v) is 3.99. The summed E-state index contributed by atoms with van der Waals surface area (Å²) >= 11 is 1.37. The SMILES string of the molecule is Cc1nc(C)c(C(=O)N2CCO[C@H](CC(=O)O)C2)s1. The van der Waals surface area contributed by atoms with Crippen LogP contribution in [0.5, 0.6) is 0 Å². The number of morpholine rings is 1. The van der Waals surface area contributed by atoms with Gasteiger partial charge in [-0.15, -0.1) is 11.3 Å². The fourth-order valence-corrected chi connectivity index (χ4v) is 2.98. The van der Waals surface area contributed by atoms with E-state index in [-0.39, 0.29) is 12.3 Å². The molecule has 19 heavy (non-hydrogen) atoms. The molecule has 1 aromatic rings. The van der Waals surface area contributed by atoms with Gasteiger partial charge in [-0.1, -0.05) is 0 Å². The van der Waals surface area contributed by atoms with Crippen molar-refractivity contribution in [2.75, 3.05) is 19.7 Å². The van der Waals surface area contributed by atoms with Gasteiger partial charge in [0.1, 0.15) is 4.88 Å². The zero-order chi connectivity index (χ0) is 14.0. The molecular formula is C12H16N2O4S. The highest BCUT2D eigenvalue weighted by molar-refractivity contribution is 7.13. The van der Waals surface area contributed by atoms with Crippen molar-refractivity contribution in [1.82, 2.24) is 9.88 Å². The summed E-state index contributed by atoms with van der Waals surface area (Å²) in [6, 6.07) is 0. The van der Waals surface area contributed by atoms with Gasteiger partial charge < -0.3 is 14.7 Å². The van der Waals surface area contributed by atoms with Crippen LogP contribution < -0.4 is 0 Å². The number of rotatable bonds is 3. The standard InChI is InChI=1S/C12H16N2O4S/c1-7-11(19-8(2)13-7)12(17)14-3-4-18-9(6-14)5-10(15)16/h9H,3-6H2,1-2H3,(H,15,16)/t9-/m1/s1. The lowest BCUT2D eigenvalue weighted by atomic mass is 10.2. The number of hydrogen-bond acceptors (Lipinski definition) is 5. The molecule has 2 rings (SSSR count). The van der Waals surface area contributed by atoms with Crippen LogP contribution in [0.2, 0.25) is 0 Å². The zero-order valence-corrected chi connectivity index (χ0v) is 11.7. The van der Waals surface area contributed by atoms with Crippen LogP contribution in [0.25, 0.3) is 0 Å². The molecule has 0 unspecified atom stereocenters. The van der Waals surface area contributed by atoms with E-state index in [1.54, 1.807) is 4.90 Å². The predicted octanol–water partition coefficient (Wildman–Crippen LogP) is 1.08. The molecule has 1 aromatic heterocycles. The number of carbonyl (C=O) groups is 2. The molecule has 0 bridgehead atoms. The van der Waals surface area contributed by atoms with E-state index in [4.69, 9.17) is 9.84 Å². The summed E-state index contributed by atoms with van der Waals surface area (Å²) in [6.07, 6.45) is -0.505. The van der Waals surface area contributed by atoms with Gasteiger partial charge in [0.25, 0.3) is 5.91 Å². The van der Waals surface area contributed by atoms with Crippen LogP contribution in [0.1, 0.15) is 26.8 Å². The number of amides is 1. The summed E-state index contributed by atoms with van der Waals surface area (Å²) in [7, 11) is 0. The van der Waals surface area contributed by atoms with Crippen LogP contribution in [0.15, 0.2) is 0 Å². The summed E-state index contributed by atoms with van der Waals surface area (Å²) in [5.41, 5.74) is 0.730. The van der Waals surface area contributed by atoms with Crippen molar-refractivity contribution in [3.05, 3.63) is 15.6 Å². The monoisotopic (exact) mass is 284 g/mol. The molecule has 1 N–H and O–H groups in total. The second-order valence-electron chi connectivity index (χ2n) is 4.49. The predicted molar refractivity (Wildman–Crippen MR) is 69.5 cm³/mol. The average Bonchev–Trinajstić information content (AvgIpc) is 2.67. The number of carboxylic acid groups (broad SMARTS) is 1. The number of carbonyl (C=O) groups excluding carboxylic acids is 1. The van der Waals surface area contributed by atoms with Crippen molar-refractivity contribution in [3.8, 4) is 0 Å². The van der Waals surface area contributed by atoms with E-state index < -0.39 is 12.1 Å². The van der Waals surface area contributed by atoms with Gasteiger partial charge >= 0.3 is 5.97 Å². The number of aromatic nitrogens is 1. The van der Waals surface area contributed by atoms with E-state index in [0.29, 0.717) is 24.6 Å². The molecule has 1 amide bonds. The Hall–Kier alpha value is -1.47. The first kappa shape index (κ1) is 14.0. The van der Waals surface area contributed by atoms with Crippen LogP contribution in [0.4, 0.5) is 0 Å². The Morgan fingerprint density at radius 3 is 2.84 bits per heavy atom. The van der Waals surface area contributed by atoms with Gasteiger partial charge in [-0.2, -0.15) is 0 Å². The maximum absolute atomic E-state index is 12.4. The molecule has 0 saturated carbocycles. The van der Waals surface area contributed by atoms with Gasteiger partial charge in [0.05, 0.1) is 29.8 Å². The lowest BCUT2D eigenvalue weighted by molar-refractivity contribution is -0.141. The summed E-state index contributed by atoms with van der Waals surface area (Å²) in [6.45, 7) is 4.86. The van der Waals surface area contributed by atoms with Crippen LogP contribution >= 0.6 is 11.3 Å². The van der Waals surface area contributed by atoms with E-state index in [0.717, 1.165) is 10.7 Å². The largest absolute Gasteiger partial charge is 0.481 e. The Morgan fingerprint density at radius 2 is 2.26 bits per heavy atom. The lowest BCUT2D eigenvalue weighted by Gasteiger charge is -2.32. The Kier molecular flexibility index (Phi) is 4.16. The maximum Gasteiger partial charge on any atom is 0.306 e. The Balaban J connectivity index is 2.07. The van der Waals surface area contributed by atoms with E-state index in [1.807, 2.05) is 13.8 Å². The number of nitrogens with zero attached hydrogens (tertiary/aromatic N) is 2. The summed E-state index contributed by atoms with van der Waals surface area (Å²) in [4.78, 5) is 29.6. The van der Waals surface area contributed by atoms with Gasteiger partial charge in [0.15, 0.2) is 0 Å². The number of thiazole rings is 1. The molecule has 1 saturated heterocycles. The van der Waals surface area contributed by atoms with Crippen LogP contribution in [-0.4, -0.2) is 52.7 Å². The molecule has 0 radical (unpaired) electrons. The maximum atomic E-state index is 12.4. The summed E-state index contributed by atoms with van der Waals surface area (Å²) < 4.78 is 5.35. The number of aryl methyl sites for hydroxylation is 2. The molecule has 1 aliphatic rings. The van der Waals surface area contributed by atoms with Crippen molar-refractivity contribution in [2.45, 2.75) is 26.4 Å². The number of ether oxygens (including phenoxy) is 1. The molecule has 0 aromatic carbocycles. The van der Waals surface area contributed by atoms with E-state index >= 15 is 0 Å². The molecule has 1 aliphatic heterocycles. The first-order valence-corrected chi connectivity index (χ1v) is 6.85. The third kappa shape index (κ3) is 3.30. The minimum atomic E-state index is -0.913. The van der Waals surface area contributed by atoms with Crippen molar-refractivity contribution in [2.24, 2.45) is 0 Å². The minimum Gasteiger partial charge on any atom is -0.481 e. The Bertz CT molecular complexity index is 500. The van der Waals surface area contributed by atoms with Gasteiger partial charge in [0.2, 0.25) is 0 Å². The van der Waals surface area contributed by atoms with Crippen molar-refractivity contribution >= 4 is 23.2 Å². The summed E-state index contributed by atoms with van der Waals surface area (Å²) in [5.74, 6) is -0.995. The molecular weight excluding hydrogens is 268 g/mol. The molecule has 7 heteroatoms. The normalized spacial score (nSPS) is 19.5. The molecule has 0 aliphatic carbocycles. The second-order valence-corrected chi connectivity index (χ2v) is 5.69. The molecule has 6 nitrogen and oxygen atoms in total. The molecule has 1 atom stereocenters. The topological polar surface area (TPSA) is 79.7 Å². The average molecular weight is 284 g/mol. The first-order chi connectivity index (χ1) is 8.97. The van der Waals surface area contributed by atoms with Crippen molar-refractivity contribution < 1.29 is 19.4 Å². The Labute approximate surface area is 115 Å². The van der Waals surface area contributed by atoms with Crippen molar-refractivity contribution in [3.63, 3.8) is 0 Å². The van der Waals surface area contributed by atoms with Gasteiger partial charge in [0, 0.05) is 13.1 Å². The molecule has 2 heterocycles. The fourth-order valence-electron chi connectivity index (χ4n) is 2.10.